The van der Waals surface area contributed by atoms with Crippen molar-refractivity contribution in [3.63, 3.8) is 0 Å². The zero-order valence-electron chi connectivity index (χ0n) is 17.5. The number of rotatable bonds is 1. The number of Topliss-reactive ketones (excluding diaryl/α,β-unsaturated/α-hetero) is 1. The molecule has 0 bridgehead atoms. The van der Waals surface area contributed by atoms with Gasteiger partial charge in [-0.15, -0.1) is 0 Å². The second-order valence-electron chi connectivity index (χ2n) is 10.3. The summed E-state index contributed by atoms with van der Waals surface area (Å²) in [4.78, 5) is 13.4. The fourth-order valence-corrected chi connectivity index (χ4v) is 7.22. The lowest BCUT2D eigenvalue weighted by Crippen LogP contribution is -2.50. The Bertz CT molecular complexity index is 915. The zero-order valence-corrected chi connectivity index (χ0v) is 17.5. The molecule has 154 valence electrons. The Balaban J connectivity index is 1.49. The van der Waals surface area contributed by atoms with E-state index in [2.05, 4.69) is 19.9 Å². The number of hydrogen-bond donors (Lipinski definition) is 1. The molecule has 3 saturated carbocycles. The van der Waals surface area contributed by atoms with E-state index in [9.17, 15) is 14.3 Å². The van der Waals surface area contributed by atoms with Gasteiger partial charge in [0.2, 0.25) is 0 Å². The lowest BCUT2D eigenvalue weighted by atomic mass is 9.48. The number of hydrogen-bond acceptors (Lipinski definition) is 2. The maximum absolute atomic E-state index is 14.2. The summed E-state index contributed by atoms with van der Waals surface area (Å²) in [6.45, 7) is 4.56. The molecule has 0 radical (unpaired) electrons. The molecule has 4 aliphatic rings. The number of carbonyl (C=O) groups is 1. The average Bonchev–Trinajstić information content (AvgIpc) is 2.95. The molecule has 3 fully saturated rings. The van der Waals surface area contributed by atoms with Crippen LogP contribution in [0.4, 0.5) is 4.39 Å². The third-order valence-corrected chi connectivity index (χ3v) is 8.95. The molecule has 0 heterocycles. The van der Waals surface area contributed by atoms with Gasteiger partial charge in [-0.05, 0) is 85.8 Å². The monoisotopic (exact) mass is 394 g/mol. The normalized spacial score (nSPS) is 42.8. The van der Waals surface area contributed by atoms with Crippen molar-refractivity contribution in [3.8, 4) is 0 Å². The zero-order chi connectivity index (χ0) is 20.4. The van der Waals surface area contributed by atoms with Crippen molar-refractivity contribution in [3.05, 3.63) is 52.9 Å². The SMILES string of the molecule is C[C@]12CC[C@@H](O)CC1=CC[C@@H]1[C@H]3CC(=Cc4ccccc4F)C(=O)[C@@]3(C)CC[C@@H]12. The summed E-state index contributed by atoms with van der Waals surface area (Å²) in [5.74, 6) is 1.42. The molecular formula is C26H31FO2. The van der Waals surface area contributed by atoms with Crippen molar-refractivity contribution in [2.45, 2.75) is 64.9 Å². The van der Waals surface area contributed by atoms with Gasteiger partial charge >= 0.3 is 0 Å². The Morgan fingerprint density at radius 3 is 2.62 bits per heavy atom. The van der Waals surface area contributed by atoms with E-state index < -0.39 is 0 Å². The highest BCUT2D eigenvalue weighted by atomic mass is 19.1. The third kappa shape index (κ3) is 2.80. The minimum absolute atomic E-state index is 0.171. The second-order valence-corrected chi connectivity index (χ2v) is 10.3. The fourth-order valence-electron chi connectivity index (χ4n) is 7.22. The summed E-state index contributed by atoms with van der Waals surface area (Å²) >= 11 is 0. The van der Waals surface area contributed by atoms with Gasteiger partial charge in [0.05, 0.1) is 6.10 Å². The maximum atomic E-state index is 14.2. The van der Waals surface area contributed by atoms with E-state index in [1.54, 1.807) is 18.2 Å². The van der Waals surface area contributed by atoms with Crippen LogP contribution in [0.25, 0.3) is 6.08 Å². The number of aliphatic hydroxyl groups is 1. The van der Waals surface area contributed by atoms with Crippen molar-refractivity contribution in [1.82, 2.24) is 0 Å². The van der Waals surface area contributed by atoms with Crippen molar-refractivity contribution in [2.24, 2.45) is 28.6 Å². The van der Waals surface area contributed by atoms with Crippen LogP contribution in [0.15, 0.2) is 41.5 Å². The molecule has 0 amide bonds. The van der Waals surface area contributed by atoms with E-state index in [0.29, 0.717) is 23.3 Å². The number of fused-ring (bicyclic) bond motifs is 5. The summed E-state index contributed by atoms with van der Waals surface area (Å²) in [5.41, 5.74) is 2.64. The molecule has 1 N–H and O–H groups in total. The number of allylic oxidation sites excluding steroid dienone is 2. The van der Waals surface area contributed by atoms with E-state index in [4.69, 9.17) is 0 Å². The standard InChI is InChI=1S/C26H31FO2/c1-25-11-9-19(28)15-18(25)7-8-20-21(25)10-12-26(2)22(20)14-17(24(26)29)13-16-5-3-4-6-23(16)27/h3-7,13,19-22,28H,8-12,14-15H2,1-2H3/t19-,20+,21+,22-,25+,26+/m1/s1. The molecule has 3 heteroatoms. The van der Waals surface area contributed by atoms with Gasteiger partial charge in [0.1, 0.15) is 5.82 Å². The smallest absolute Gasteiger partial charge is 0.165 e. The highest BCUT2D eigenvalue weighted by Crippen LogP contribution is 2.64. The molecule has 0 saturated heterocycles. The highest BCUT2D eigenvalue weighted by molar-refractivity contribution is 6.06. The van der Waals surface area contributed by atoms with Crippen LogP contribution in [0.2, 0.25) is 0 Å². The molecule has 0 spiro atoms. The Hall–Kier alpha value is -1.74. The summed E-state index contributed by atoms with van der Waals surface area (Å²) in [6, 6.07) is 6.73. The molecular weight excluding hydrogens is 363 g/mol. The predicted molar refractivity (Wildman–Crippen MR) is 112 cm³/mol. The van der Waals surface area contributed by atoms with Crippen LogP contribution in [-0.2, 0) is 4.79 Å². The molecule has 0 aromatic heterocycles. The predicted octanol–water partition coefficient (Wildman–Crippen LogP) is 5.71. The van der Waals surface area contributed by atoms with Crippen LogP contribution in [0.1, 0.15) is 64.4 Å². The third-order valence-electron chi connectivity index (χ3n) is 8.95. The first-order valence-electron chi connectivity index (χ1n) is 11.2. The van der Waals surface area contributed by atoms with Crippen LogP contribution in [-0.4, -0.2) is 17.0 Å². The molecule has 1 aromatic carbocycles. The Morgan fingerprint density at radius 2 is 1.83 bits per heavy atom. The molecule has 1 aromatic rings. The van der Waals surface area contributed by atoms with Gasteiger partial charge < -0.3 is 5.11 Å². The Kier molecular flexibility index (Phi) is 4.40. The molecule has 29 heavy (non-hydrogen) atoms. The number of aliphatic hydroxyl groups excluding tert-OH is 1. The number of benzene rings is 1. The summed E-state index contributed by atoms with van der Waals surface area (Å²) in [7, 11) is 0. The van der Waals surface area contributed by atoms with Gasteiger partial charge in [-0.25, -0.2) is 4.39 Å². The first-order valence-corrected chi connectivity index (χ1v) is 11.2. The fraction of sp³-hybridized carbons (Fsp3) is 0.577. The van der Waals surface area contributed by atoms with E-state index in [-0.39, 0.29) is 28.5 Å². The average molecular weight is 395 g/mol. The minimum Gasteiger partial charge on any atom is -0.393 e. The first-order chi connectivity index (χ1) is 13.8. The van der Waals surface area contributed by atoms with Gasteiger partial charge in [0.25, 0.3) is 0 Å². The minimum atomic E-state index is -0.311. The van der Waals surface area contributed by atoms with E-state index in [1.807, 2.05) is 6.07 Å². The van der Waals surface area contributed by atoms with Gasteiger partial charge in [0, 0.05) is 11.0 Å². The van der Waals surface area contributed by atoms with Crippen LogP contribution in [0.5, 0.6) is 0 Å². The highest BCUT2D eigenvalue weighted by Gasteiger charge is 2.59. The second kappa shape index (κ2) is 6.63. The van der Waals surface area contributed by atoms with E-state index in [0.717, 1.165) is 50.5 Å². The first kappa shape index (κ1) is 19.2. The number of halogens is 1. The lowest BCUT2D eigenvalue weighted by Gasteiger charge is -2.56. The summed E-state index contributed by atoms with van der Waals surface area (Å²) in [5, 5.41) is 10.2. The molecule has 6 atom stereocenters. The maximum Gasteiger partial charge on any atom is 0.165 e. The molecule has 0 unspecified atom stereocenters. The molecule has 5 rings (SSSR count). The van der Waals surface area contributed by atoms with Crippen molar-refractivity contribution >= 4 is 11.9 Å². The van der Waals surface area contributed by atoms with Crippen LogP contribution >= 0.6 is 0 Å². The lowest BCUT2D eigenvalue weighted by molar-refractivity contribution is -0.130. The van der Waals surface area contributed by atoms with Gasteiger partial charge in [-0.2, -0.15) is 0 Å². The number of ketones is 1. The van der Waals surface area contributed by atoms with Crippen LogP contribution in [0, 0.1) is 34.4 Å². The van der Waals surface area contributed by atoms with E-state index >= 15 is 0 Å². The van der Waals surface area contributed by atoms with Crippen molar-refractivity contribution < 1.29 is 14.3 Å². The van der Waals surface area contributed by atoms with Gasteiger partial charge in [-0.3, -0.25) is 4.79 Å². The van der Waals surface area contributed by atoms with Crippen molar-refractivity contribution in [1.29, 1.82) is 0 Å². The van der Waals surface area contributed by atoms with Crippen LogP contribution < -0.4 is 0 Å². The van der Waals surface area contributed by atoms with Gasteiger partial charge in [0.15, 0.2) is 5.78 Å². The summed E-state index contributed by atoms with van der Waals surface area (Å²) < 4.78 is 14.2. The van der Waals surface area contributed by atoms with E-state index in [1.165, 1.54) is 11.6 Å². The number of carbonyl (C=O) groups excluding carboxylic acids is 1. The Labute approximate surface area is 172 Å². The molecule has 2 nitrogen and oxygen atoms in total. The van der Waals surface area contributed by atoms with Gasteiger partial charge in [-0.1, -0.05) is 43.7 Å². The quantitative estimate of drug-likeness (QED) is 0.489. The summed E-state index contributed by atoms with van der Waals surface area (Å²) in [6.07, 6.45) is 10.6. The topological polar surface area (TPSA) is 37.3 Å². The molecule has 4 aliphatic carbocycles. The van der Waals surface area contributed by atoms with Crippen molar-refractivity contribution in [2.75, 3.05) is 0 Å². The Morgan fingerprint density at radius 1 is 1.07 bits per heavy atom. The molecule has 0 aliphatic heterocycles. The van der Waals surface area contributed by atoms with Crippen LogP contribution in [0.3, 0.4) is 0 Å². The largest absolute Gasteiger partial charge is 0.393 e.